The number of benzene rings is 7. The maximum atomic E-state index is 3.95. The highest BCUT2D eigenvalue weighted by Crippen LogP contribution is 2.48. The van der Waals surface area contributed by atoms with E-state index in [-0.39, 0.29) is 0 Å². The van der Waals surface area contributed by atoms with E-state index in [1.807, 2.05) is 0 Å². The molecule has 0 bridgehead atoms. The Labute approximate surface area is 292 Å². The van der Waals surface area contributed by atoms with Crippen LogP contribution >= 0.6 is 0 Å². The lowest BCUT2D eigenvalue weighted by molar-refractivity contribution is 0.729. The molecule has 1 aliphatic carbocycles. The topological polar surface area (TPSA) is 16.4 Å². The first-order valence-electron chi connectivity index (χ1n) is 17.9. The number of rotatable bonds is 3. The van der Waals surface area contributed by atoms with Gasteiger partial charge in [0.25, 0.3) is 0 Å². The van der Waals surface area contributed by atoms with Crippen molar-refractivity contribution in [3.8, 4) is 22.3 Å². The largest absolute Gasteiger partial charge is 0.355 e. The number of anilines is 2. The molecule has 3 heteroatoms. The van der Waals surface area contributed by atoms with E-state index in [9.17, 15) is 0 Å². The predicted octanol–water partition coefficient (Wildman–Crippen LogP) is 10.6. The van der Waals surface area contributed by atoms with Crippen molar-refractivity contribution in [2.24, 2.45) is 0 Å². The molecule has 50 heavy (non-hydrogen) atoms. The smallest absolute Gasteiger partial charge is 0.193 e. The van der Waals surface area contributed by atoms with Crippen molar-refractivity contribution in [2.75, 3.05) is 5.32 Å². The van der Waals surface area contributed by atoms with Crippen LogP contribution in [0, 0.1) is 13.8 Å². The Morgan fingerprint density at radius 2 is 1.42 bits per heavy atom. The highest BCUT2D eigenvalue weighted by atomic mass is 14.9. The van der Waals surface area contributed by atoms with Gasteiger partial charge < -0.3 is 9.72 Å². The zero-order valence-electron chi connectivity index (χ0n) is 28.2. The molecule has 1 atom stereocenters. The summed E-state index contributed by atoms with van der Waals surface area (Å²) in [6.45, 7) is 4.47. The van der Waals surface area contributed by atoms with E-state index in [1.54, 1.807) is 0 Å². The molecular formula is C47H34BN2. The van der Waals surface area contributed by atoms with Gasteiger partial charge in [-0.2, -0.15) is 0 Å². The number of nitrogens with zero attached hydrogens (tertiary/aromatic N) is 1. The van der Waals surface area contributed by atoms with Crippen molar-refractivity contribution in [3.05, 3.63) is 161 Å². The molecule has 1 N–H and O–H groups in total. The molecule has 0 saturated carbocycles. The van der Waals surface area contributed by atoms with Gasteiger partial charge in [-0.3, -0.25) is 0 Å². The Morgan fingerprint density at radius 1 is 0.640 bits per heavy atom. The highest BCUT2D eigenvalue weighted by Gasteiger charge is 2.34. The van der Waals surface area contributed by atoms with Crippen LogP contribution in [0.4, 0.5) is 11.4 Å². The predicted molar refractivity (Wildman–Crippen MR) is 213 cm³/mol. The summed E-state index contributed by atoms with van der Waals surface area (Å²) in [5, 5.41) is 9.18. The summed E-state index contributed by atoms with van der Waals surface area (Å²) in [5.41, 5.74) is 21.1. The Balaban J connectivity index is 1.24. The fourth-order valence-electron chi connectivity index (χ4n) is 9.49. The summed E-state index contributed by atoms with van der Waals surface area (Å²) in [4.78, 5) is 0. The van der Waals surface area contributed by atoms with Crippen LogP contribution < -0.4 is 16.2 Å². The minimum absolute atomic E-state index is 0.331. The zero-order valence-corrected chi connectivity index (χ0v) is 28.2. The second kappa shape index (κ2) is 10.4. The van der Waals surface area contributed by atoms with Crippen LogP contribution in [0.3, 0.4) is 0 Å². The molecule has 1 aliphatic heterocycles. The van der Waals surface area contributed by atoms with Crippen molar-refractivity contribution < 1.29 is 0 Å². The molecule has 0 spiro atoms. The van der Waals surface area contributed by atoms with E-state index in [2.05, 4.69) is 164 Å². The number of aryl methyl sites for hydroxylation is 3. The molecule has 0 fully saturated rings. The van der Waals surface area contributed by atoms with E-state index >= 15 is 0 Å². The molecule has 11 rings (SSSR count). The number of para-hydroxylation sites is 3. The first-order chi connectivity index (χ1) is 24.6. The quantitative estimate of drug-likeness (QED) is 0.191. The van der Waals surface area contributed by atoms with E-state index in [4.69, 9.17) is 0 Å². The lowest BCUT2D eigenvalue weighted by Gasteiger charge is -2.32. The van der Waals surface area contributed by atoms with Gasteiger partial charge in [-0.1, -0.05) is 126 Å². The summed E-state index contributed by atoms with van der Waals surface area (Å²) in [6, 6.07) is 49.9. The number of nitrogens with one attached hydrogen (secondary N) is 1. The van der Waals surface area contributed by atoms with Crippen molar-refractivity contribution >= 4 is 67.7 Å². The molecule has 1 unspecified atom stereocenters. The average Bonchev–Trinajstić information content (AvgIpc) is 3.60. The minimum Gasteiger partial charge on any atom is -0.355 e. The van der Waals surface area contributed by atoms with Gasteiger partial charge in [0, 0.05) is 44.4 Å². The Kier molecular flexibility index (Phi) is 5.82. The van der Waals surface area contributed by atoms with Gasteiger partial charge in [0.05, 0.1) is 16.6 Å². The number of fused-ring (bicyclic) bond motifs is 10. The van der Waals surface area contributed by atoms with Crippen LogP contribution in [0.5, 0.6) is 0 Å². The molecule has 7 aromatic carbocycles. The summed E-state index contributed by atoms with van der Waals surface area (Å²) < 4.78 is 2.51. The number of aromatic nitrogens is 1. The summed E-state index contributed by atoms with van der Waals surface area (Å²) in [5.74, 6) is 0.331. The first-order valence-corrected chi connectivity index (χ1v) is 17.9. The standard InChI is InChI=1S/C47H34BN2/c1-27-25-36-33-22-21-29-12-4-5-13-30(29)32-15-10-18-38(43(32)33)48-46(36)37(26-27)44-40(49-39-19-7-3-11-28(39)2)23-24-42-45(44)35-17-9-16-34-31-14-6-8-20-41(31)50(42)47(34)35/h3-20,23-26,33,49H,21-22H2,1-2H3. The van der Waals surface area contributed by atoms with Crippen LogP contribution in [-0.2, 0) is 6.42 Å². The monoisotopic (exact) mass is 637 g/mol. The second-order valence-corrected chi connectivity index (χ2v) is 14.4. The maximum absolute atomic E-state index is 3.95. The van der Waals surface area contributed by atoms with Gasteiger partial charge in [0.2, 0.25) is 0 Å². The third-order valence-electron chi connectivity index (χ3n) is 11.6. The van der Waals surface area contributed by atoms with Crippen molar-refractivity contribution in [1.29, 1.82) is 0 Å². The molecule has 3 heterocycles. The van der Waals surface area contributed by atoms with E-state index in [0.717, 1.165) is 24.2 Å². The molecule has 2 aliphatic rings. The Bertz CT molecular complexity index is 2860. The molecule has 0 amide bonds. The molecule has 9 aromatic rings. The van der Waals surface area contributed by atoms with Gasteiger partial charge in [-0.15, -0.1) is 0 Å². The van der Waals surface area contributed by atoms with Crippen LogP contribution in [0.25, 0.3) is 60.3 Å². The van der Waals surface area contributed by atoms with Crippen LogP contribution in [0.15, 0.2) is 133 Å². The molecular weight excluding hydrogens is 603 g/mol. The van der Waals surface area contributed by atoms with Gasteiger partial charge >= 0.3 is 0 Å². The summed E-state index contributed by atoms with van der Waals surface area (Å²) >= 11 is 0. The van der Waals surface area contributed by atoms with Crippen molar-refractivity contribution in [1.82, 2.24) is 4.40 Å². The minimum atomic E-state index is 0.331. The first kappa shape index (κ1) is 28.1. The lowest BCUT2D eigenvalue weighted by Crippen LogP contribution is -2.41. The van der Waals surface area contributed by atoms with Crippen LogP contribution in [0.1, 0.15) is 40.2 Å². The number of hydrogen-bond donors (Lipinski definition) is 1. The number of hydrogen-bond acceptors (Lipinski definition) is 1. The second-order valence-electron chi connectivity index (χ2n) is 14.4. The average molecular weight is 638 g/mol. The third kappa shape index (κ3) is 3.81. The summed E-state index contributed by atoms with van der Waals surface area (Å²) in [6.07, 6.45) is 2.17. The third-order valence-corrected chi connectivity index (χ3v) is 11.6. The van der Waals surface area contributed by atoms with Crippen LogP contribution in [0.2, 0.25) is 0 Å². The van der Waals surface area contributed by atoms with Gasteiger partial charge in [-0.05, 0) is 89.9 Å². The van der Waals surface area contributed by atoms with E-state index in [1.165, 1.54) is 99.1 Å². The van der Waals surface area contributed by atoms with Crippen molar-refractivity contribution in [3.63, 3.8) is 0 Å². The Hall–Kier alpha value is -5.80. The van der Waals surface area contributed by atoms with E-state index in [0.29, 0.717) is 5.92 Å². The molecule has 235 valence electrons. The molecule has 0 saturated heterocycles. The van der Waals surface area contributed by atoms with Crippen molar-refractivity contribution in [2.45, 2.75) is 32.6 Å². The molecule has 2 aromatic heterocycles. The fraction of sp³-hybridized carbons (Fsp3) is 0.106. The molecule has 1 radical (unpaired) electrons. The maximum Gasteiger partial charge on any atom is 0.193 e. The van der Waals surface area contributed by atoms with Crippen LogP contribution in [-0.4, -0.2) is 11.7 Å². The van der Waals surface area contributed by atoms with Gasteiger partial charge in [0.15, 0.2) is 7.28 Å². The van der Waals surface area contributed by atoms with E-state index < -0.39 is 0 Å². The zero-order chi connectivity index (χ0) is 33.1. The SMILES string of the molecule is Cc1cc(-c2c(Nc3ccccc3C)ccc3c2c2cccc4c5ccccc5n3c42)c2c(c1)C1CCc3ccccc3-c3cccc(c31)[B]2. The lowest BCUT2D eigenvalue weighted by atomic mass is 9.51. The normalized spacial score (nSPS) is 14.8. The molecule has 2 nitrogen and oxygen atoms in total. The Morgan fingerprint density at radius 3 is 2.36 bits per heavy atom. The summed E-state index contributed by atoms with van der Waals surface area (Å²) in [7, 11) is 2.50. The van der Waals surface area contributed by atoms with Gasteiger partial charge in [-0.25, -0.2) is 0 Å². The highest BCUT2D eigenvalue weighted by molar-refractivity contribution is 6.71. The van der Waals surface area contributed by atoms with Gasteiger partial charge in [0.1, 0.15) is 0 Å². The fourth-order valence-corrected chi connectivity index (χ4v) is 9.49.